The first-order chi connectivity index (χ1) is 9.81. The minimum absolute atomic E-state index is 0.897. The van der Waals surface area contributed by atoms with Crippen molar-refractivity contribution in [2.45, 2.75) is 104 Å². The van der Waals surface area contributed by atoms with Gasteiger partial charge < -0.3 is 4.74 Å². The lowest BCUT2D eigenvalue weighted by atomic mass is 10.0. The third-order valence-corrected chi connectivity index (χ3v) is 3.98. The predicted octanol–water partition coefficient (Wildman–Crippen LogP) is 7.02. The van der Waals surface area contributed by atoms with Gasteiger partial charge in [0.25, 0.3) is 0 Å². The molecule has 0 bridgehead atoms. The smallest absolute Gasteiger partial charge is 0.0886 e. The van der Waals surface area contributed by atoms with Crippen molar-refractivity contribution in [1.29, 1.82) is 0 Å². The van der Waals surface area contributed by atoms with Crippen LogP contribution in [0.3, 0.4) is 0 Å². The number of rotatable bonds is 15. The fourth-order valence-electron chi connectivity index (χ4n) is 2.44. The van der Waals surface area contributed by atoms with Crippen molar-refractivity contribution < 1.29 is 4.74 Å². The third kappa shape index (κ3) is 15.6. The van der Waals surface area contributed by atoms with Crippen LogP contribution in [0.2, 0.25) is 0 Å². The zero-order chi connectivity index (χ0) is 14.9. The first-order valence-corrected chi connectivity index (χ1v) is 9.07. The molecule has 120 valence electrons. The largest absolute Gasteiger partial charge is 0.499 e. The van der Waals surface area contributed by atoms with Gasteiger partial charge >= 0.3 is 0 Å². The molecule has 0 amide bonds. The molecule has 0 atom stereocenters. The van der Waals surface area contributed by atoms with E-state index in [9.17, 15) is 0 Å². The van der Waals surface area contributed by atoms with Crippen LogP contribution in [0.1, 0.15) is 104 Å². The van der Waals surface area contributed by atoms with E-state index in [1.54, 1.807) is 0 Å². The first kappa shape index (κ1) is 19.5. The summed E-state index contributed by atoms with van der Waals surface area (Å²) in [7, 11) is 0. The number of hydrogen-bond acceptors (Lipinski definition) is 1. The van der Waals surface area contributed by atoms with Crippen molar-refractivity contribution in [2.75, 3.05) is 6.61 Å². The highest BCUT2D eigenvalue weighted by Crippen LogP contribution is 2.12. The van der Waals surface area contributed by atoms with Gasteiger partial charge in [0.2, 0.25) is 0 Å². The van der Waals surface area contributed by atoms with Crippen LogP contribution >= 0.6 is 0 Å². The molecule has 20 heavy (non-hydrogen) atoms. The summed E-state index contributed by atoms with van der Waals surface area (Å²) in [5.41, 5.74) is 0. The van der Waals surface area contributed by atoms with Gasteiger partial charge in [-0.15, -0.1) is 0 Å². The molecule has 0 aromatic rings. The van der Waals surface area contributed by atoms with Crippen LogP contribution in [-0.2, 0) is 4.74 Å². The van der Waals surface area contributed by atoms with Gasteiger partial charge in [-0.2, -0.15) is 0 Å². The number of hydrogen-bond donors (Lipinski definition) is 0. The highest BCUT2D eigenvalue weighted by molar-refractivity contribution is 4.83. The SMILES string of the molecule is CC=C(C)OCCCCCCCCCCCCCCC. The molecular formula is C19H38O. The van der Waals surface area contributed by atoms with Crippen molar-refractivity contribution in [3.63, 3.8) is 0 Å². The fraction of sp³-hybridized carbons (Fsp3) is 0.895. The summed E-state index contributed by atoms with van der Waals surface area (Å²) in [6.45, 7) is 7.24. The zero-order valence-electron chi connectivity index (χ0n) is 14.4. The van der Waals surface area contributed by atoms with E-state index in [2.05, 4.69) is 6.92 Å². The van der Waals surface area contributed by atoms with Crippen molar-refractivity contribution in [2.24, 2.45) is 0 Å². The average molecular weight is 283 g/mol. The molecule has 0 saturated heterocycles. The predicted molar refractivity (Wildman–Crippen MR) is 91.1 cm³/mol. The lowest BCUT2D eigenvalue weighted by molar-refractivity contribution is 0.206. The second kappa shape index (κ2) is 16.6. The van der Waals surface area contributed by atoms with Crippen LogP contribution in [0.5, 0.6) is 0 Å². The molecule has 0 heterocycles. The fourth-order valence-corrected chi connectivity index (χ4v) is 2.44. The van der Waals surface area contributed by atoms with Crippen LogP contribution in [0.4, 0.5) is 0 Å². The van der Waals surface area contributed by atoms with E-state index >= 15 is 0 Å². The Morgan fingerprint density at radius 2 is 1.10 bits per heavy atom. The average Bonchev–Trinajstić information content (AvgIpc) is 2.47. The Morgan fingerprint density at radius 3 is 1.50 bits per heavy atom. The maximum Gasteiger partial charge on any atom is 0.0886 e. The van der Waals surface area contributed by atoms with Crippen LogP contribution in [0.25, 0.3) is 0 Å². The molecule has 1 nitrogen and oxygen atoms in total. The Bertz CT molecular complexity index is 208. The maximum atomic E-state index is 5.55. The van der Waals surface area contributed by atoms with E-state index in [0.29, 0.717) is 0 Å². The van der Waals surface area contributed by atoms with Gasteiger partial charge in [0.15, 0.2) is 0 Å². The van der Waals surface area contributed by atoms with E-state index in [-0.39, 0.29) is 0 Å². The summed E-state index contributed by atoms with van der Waals surface area (Å²) in [5.74, 6) is 1.06. The molecule has 0 aliphatic rings. The Hall–Kier alpha value is -0.460. The second-order valence-corrected chi connectivity index (χ2v) is 5.99. The first-order valence-electron chi connectivity index (χ1n) is 9.07. The van der Waals surface area contributed by atoms with Crippen LogP contribution in [0, 0.1) is 0 Å². The summed E-state index contributed by atoms with van der Waals surface area (Å²) in [6.07, 6.45) is 20.3. The lowest BCUT2D eigenvalue weighted by Crippen LogP contribution is -1.92. The summed E-state index contributed by atoms with van der Waals surface area (Å²) in [5, 5.41) is 0. The molecular weight excluding hydrogens is 244 g/mol. The van der Waals surface area contributed by atoms with Gasteiger partial charge in [-0.25, -0.2) is 0 Å². The van der Waals surface area contributed by atoms with E-state index in [1.807, 2.05) is 19.9 Å². The van der Waals surface area contributed by atoms with Crippen LogP contribution in [-0.4, -0.2) is 6.61 Å². The summed E-state index contributed by atoms with van der Waals surface area (Å²) in [6, 6.07) is 0. The monoisotopic (exact) mass is 282 g/mol. The number of ether oxygens (including phenoxy) is 1. The molecule has 0 saturated carbocycles. The number of allylic oxidation sites excluding steroid dienone is 2. The molecule has 0 aromatic carbocycles. The van der Waals surface area contributed by atoms with E-state index in [1.165, 1.54) is 83.5 Å². The zero-order valence-corrected chi connectivity index (χ0v) is 14.4. The minimum atomic E-state index is 0.897. The van der Waals surface area contributed by atoms with Gasteiger partial charge in [0.05, 0.1) is 12.4 Å². The molecule has 0 fully saturated rings. The van der Waals surface area contributed by atoms with Gasteiger partial charge in [0, 0.05) is 0 Å². The van der Waals surface area contributed by atoms with Gasteiger partial charge in [-0.3, -0.25) is 0 Å². The summed E-state index contributed by atoms with van der Waals surface area (Å²) < 4.78 is 5.55. The number of unbranched alkanes of at least 4 members (excludes halogenated alkanes) is 12. The third-order valence-electron chi connectivity index (χ3n) is 3.98. The molecule has 0 aliphatic heterocycles. The molecule has 0 rings (SSSR count). The lowest BCUT2D eigenvalue weighted by Gasteiger charge is -2.05. The van der Waals surface area contributed by atoms with Crippen molar-refractivity contribution >= 4 is 0 Å². The molecule has 0 aliphatic carbocycles. The van der Waals surface area contributed by atoms with Gasteiger partial charge in [-0.1, -0.05) is 90.0 Å². The second-order valence-electron chi connectivity index (χ2n) is 5.99. The Morgan fingerprint density at radius 1 is 0.700 bits per heavy atom. The maximum absolute atomic E-state index is 5.55. The van der Waals surface area contributed by atoms with E-state index < -0.39 is 0 Å². The molecule has 0 radical (unpaired) electrons. The Balaban J connectivity index is 2.99. The minimum Gasteiger partial charge on any atom is -0.499 e. The van der Waals surface area contributed by atoms with Crippen LogP contribution < -0.4 is 0 Å². The molecule has 0 aromatic heterocycles. The molecule has 0 spiro atoms. The summed E-state index contributed by atoms with van der Waals surface area (Å²) in [4.78, 5) is 0. The highest BCUT2D eigenvalue weighted by Gasteiger charge is 1.94. The van der Waals surface area contributed by atoms with Crippen LogP contribution in [0.15, 0.2) is 11.8 Å². The van der Waals surface area contributed by atoms with Gasteiger partial charge in [0.1, 0.15) is 0 Å². The topological polar surface area (TPSA) is 9.23 Å². The summed E-state index contributed by atoms with van der Waals surface area (Å²) >= 11 is 0. The normalized spacial score (nSPS) is 11.8. The Kier molecular flexibility index (Phi) is 16.2. The quantitative estimate of drug-likeness (QED) is 0.232. The van der Waals surface area contributed by atoms with E-state index in [0.717, 1.165) is 12.4 Å². The van der Waals surface area contributed by atoms with Gasteiger partial charge in [-0.05, 0) is 20.3 Å². The molecule has 0 N–H and O–H groups in total. The molecule has 1 heteroatoms. The Labute approximate surface area is 128 Å². The van der Waals surface area contributed by atoms with Crippen molar-refractivity contribution in [3.8, 4) is 0 Å². The highest BCUT2D eigenvalue weighted by atomic mass is 16.5. The molecule has 0 unspecified atom stereocenters. The van der Waals surface area contributed by atoms with E-state index in [4.69, 9.17) is 4.74 Å². The standard InChI is InChI=1S/C19H38O/c1-4-6-7-8-9-10-11-12-13-14-15-16-17-18-20-19(3)5-2/h5H,4,6-18H2,1-3H3. The van der Waals surface area contributed by atoms with Crippen molar-refractivity contribution in [1.82, 2.24) is 0 Å². The van der Waals surface area contributed by atoms with Crippen molar-refractivity contribution in [3.05, 3.63) is 11.8 Å².